The number of aromatic amines is 1. The number of rotatable bonds is 7. The normalized spacial score (nSPS) is 18.7. The van der Waals surface area contributed by atoms with Gasteiger partial charge in [0.05, 0.1) is 22.6 Å². The third-order valence-corrected chi connectivity index (χ3v) is 7.84. The molecule has 9 nitrogen and oxygen atoms in total. The predicted octanol–water partition coefficient (Wildman–Crippen LogP) is 5.97. The van der Waals surface area contributed by atoms with Crippen LogP contribution < -0.4 is 5.32 Å². The fraction of sp³-hybridized carbons (Fsp3) is 0.429. The Labute approximate surface area is 225 Å². The molecule has 3 unspecified atom stereocenters. The minimum atomic E-state index is -3.29. The summed E-state index contributed by atoms with van der Waals surface area (Å²) < 4.78 is 31.5. The van der Waals surface area contributed by atoms with E-state index in [-0.39, 0.29) is 40.4 Å². The zero-order chi connectivity index (χ0) is 27.9. The van der Waals surface area contributed by atoms with E-state index in [1.165, 1.54) is 4.68 Å². The van der Waals surface area contributed by atoms with Gasteiger partial charge in [-0.1, -0.05) is 24.6 Å². The maximum Gasteiger partial charge on any atom is 0.269 e. The largest absolute Gasteiger partial charge is 0.505 e. The summed E-state index contributed by atoms with van der Waals surface area (Å²) in [4.78, 5) is 0. The van der Waals surface area contributed by atoms with Crippen molar-refractivity contribution in [2.45, 2.75) is 77.2 Å². The second kappa shape index (κ2) is 10.3. The number of hydrogen-bond acceptors (Lipinski definition) is 7. The minimum absolute atomic E-state index is 0.0128. The van der Waals surface area contributed by atoms with Gasteiger partial charge in [-0.25, -0.2) is 18.6 Å². The molecule has 4 N–H and O–H groups in total. The number of nitrogens with zero attached hydrogens (tertiary/aromatic N) is 5. The van der Waals surface area contributed by atoms with Crippen LogP contribution in [0.2, 0.25) is 0 Å². The Bertz CT molecular complexity index is 1460. The quantitative estimate of drug-likeness (QED) is 0.214. The third kappa shape index (κ3) is 5.17. The highest BCUT2D eigenvalue weighted by atomic mass is 19.3. The zero-order valence-electron chi connectivity index (χ0n) is 22.4. The minimum Gasteiger partial charge on any atom is -0.505 e. The summed E-state index contributed by atoms with van der Waals surface area (Å²) in [6.45, 7) is 6.28. The van der Waals surface area contributed by atoms with E-state index >= 15 is 8.78 Å². The summed E-state index contributed by atoms with van der Waals surface area (Å²) >= 11 is 0. The standard InChI is InChI=1S/C28H33F2N7O2/c1-15-11-12-20(13-16(15)2)37-27(39)23(17(3)34-37)25(28(4,29)30)31-22-10-6-9-21(24(22)38)18-7-5-8-19(14-18)26-32-35-36-33-26/h6,9-13,18-19,25,31,38-39H,5,7-8,14H2,1-4H3,(H,32,33,35,36). The summed E-state index contributed by atoms with van der Waals surface area (Å²) in [5, 5.41) is 43.8. The van der Waals surface area contributed by atoms with Crippen molar-refractivity contribution >= 4 is 5.69 Å². The van der Waals surface area contributed by atoms with E-state index in [0.29, 0.717) is 17.1 Å². The lowest BCUT2D eigenvalue weighted by Crippen LogP contribution is -2.29. The van der Waals surface area contributed by atoms with Gasteiger partial charge in [-0.3, -0.25) is 0 Å². The molecule has 4 aromatic rings. The van der Waals surface area contributed by atoms with Crippen LogP contribution in [0.4, 0.5) is 14.5 Å². The second-order valence-corrected chi connectivity index (χ2v) is 10.6. The number of aromatic nitrogens is 6. The van der Waals surface area contributed by atoms with Gasteiger partial charge in [-0.2, -0.15) is 5.10 Å². The Morgan fingerprint density at radius 3 is 2.54 bits per heavy atom. The molecule has 0 radical (unpaired) electrons. The summed E-state index contributed by atoms with van der Waals surface area (Å²) in [5.41, 5.74) is 3.71. The SMILES string of the molecule is Cc1ccc(-n2nc(C)c(C(Nc3cccc(C4CCCC(c5nnn[nH]5)C4)c3O)C(C)(F)F)c2O)cc1C. The summed E-state index contributed by atoms with van der Waals surface area (Å²) in [6.07, 6.45) is 3.43. The van der Waals surface area contributed by atoms with Crippen molar-refractivity contribution in [3.63, 3.8) is 0 Å². The average molecular weight is 538 g/mol. The molecule has 0 bridgehead atoms. The number of benzene rings is 2. The monoisotopic (exact) mass is 537 g/mol. The molecule has 5 rings (SSSR count). The van der Waals surface area contributed by atoms with Crippen LogP contribution in [0.1, 0.15) is 84.3 Å². The predicted molar refractivity (Wildman–Crippen MR) is 143 cm³/mol. The molecule has 0 amide bonds. The maximum absolute atomic E-state index is 15.1. The molecule has 0 saturated heterocycles. The van der Waals surface area contributed by atoms with Crippen molar-refractivity contribution in [2.75, 3.05) is 5.32 Å². The van der Waals surface area contributed by atoms with Crippen LogP contribution in [0.25, 0.3) is 5.69 Å². The number of hydrogen-bond donors (Lipinski definition) is 4. The van der Waals surface area contributed by atoms with E-state index in [0.717, 1.165) is 43.7 Å². The highest BCUT2D eigenvalue weighted by Gasteiger charge is 2.41. The Kier molecular flexibility index (Phi) is 7.00. The van der Waals surface area contributed by atoms with Gasteiger partial charge in [-0.05, 0) is 91.3 Å². The van der Waals surface area contributed by atoms with Crippen LogP contribution in [0.15, 0.2) is 36.4 Å². The highest BCUT2D eigenvalue weighted by molar-refractivity contribution is 5.62. The molecule has 1 aliphatic rings. The van der Waals surface area contributed by atoms with Crippen LogP contribution in [0.3, 0.4) is 0 Å². The molecule has 1 fully saturated rings. The lowest BCUT2D eigenvalue weighted by Gasteiger charge is -2.30. The molecular weight excluding hydrogens is 504 g/mol. The number of anilines is 1. The molecule has 2 aromatic heterocycles. The summed E-state index contributed by atoms with van der Waals surface area (Å²) in [6, 6.07) is 9.02. The topological polar surface area (TPSA) is 125 Å². The van der Waals surface area contributed by atoms with Gasteiger partial charge in [0.2, 0.25) is 5.88 Å². The van der Waals surface area contributed by atoms with Gasteiger partial charge in [0, 0.05) is 12.8 Å². The first-order valence-corrected chi connectivity index (χ1v) is 13.1. The first kappa shape index (κ1) is 26.6. The van der Waals surface area contributed by atoms with Gasteiger partial charge in [-0.15, -0.1) is 5.10 Å². The number of halogens is 2. The Hall–Kier alpha value is -4.02. The van der Waals surface area contributed by atoms with E-state index in [1.807, 2.05) is 32.0 Å². The van der Waals surface area contributed by atoms with Crippen molar-refractivity contribution < 1.29 is 19.0 Å². The van der Waals surface area contributed by atoms with Gasteiger partial charge in [0.15, 0.2) is 5.82 Å². The first-order valence-electron chi connectivity index (χ1n) is 13.1. The average Bonchev–Trinajstić information content (AvgIpc) is 3.53. The Morgan fingerprint density at radius 1 is 1.08 bits per heavy atom. The van der Waals surface area contributed by atoms with Gasteiger partial charge in [0.1, 0.15) is 11.8 Å². The van der Waals surface area contributed by atoms with Crippen LogP contribution in [-0.2, 0) is 0 Å². The fourth-order valence-corrected chi connectivity index (χ4v) is 5.58. The van der Waals surface area contributed by atoms with E-state index in [2.05, 4.69) is 31.0 Å². The molecular formula is C28H33F2N7O2. The molecule has 1 aliphatic carbocycles. The number of para-hydroxylation sites is 1. The van der Waals surface area contributed by atoms with Gasteiger partial charge in [0.25, 0.3) is 5.92 Å². The zero-order valence-corrected chi connectivity index (χ0v) is 22.4. The summed E-state index contributed by atoms with van der Waals surface area (Å²) in [7, 11) is 0. The van der Waals surface area contributed by atoms with E-state index in [9.17, 15) is 10.2 Å². The lowest BCUT2D eigenvalue weighted by atomic mass is 9.77. The molecule has 206 valence electrons. The van der Waals surface area contributed by atoms with Crippen molar-refractivity contribution in [1.29, 1.82) is 0 Å². The summed E-state index contributed by atoms with van der Waals surface area (Å²) in [5.74, 6) is -2.90. The van der Waals surface area contributed by atoms with Crippen LogP contribution in [0.5, 0.6) is 11.6 Å². The molecule has 0 spiro atoms. The molecule has 1 saturated carbocycles. The van der Waals surface area contributed by atoms with Crippen molar-refractivity contribution in [2.24, 2.45) is 0 Å². The van der Waals surface area contributed by atoms with Crippen LogP contribution in [0, 0.1) is 20.8 Å². The Balaban J connectivity index is 1.47. The smallest absolute Gasteiger partial charge is 0.269 e. The van der Waals surface area contributed by atoms with Gasteiger partial charge < -0.3 is 15.5 Å². The number of phenols is 1. The number of aryl methyl sites for hydroxylation is 3. The van der Waals surface area contributed by atoms with Gasteiger partial charge >= 0.3 is 0 Å². The van der Waals surface area contributed by atoms with E-state index < -0.39 is 12.0 Å². The Morgan fingerprint density at radius 2 is 1.85 bits per heavy atom. The van der Waals surface area contributed by atoms with E-state index in [4.69, 9.17) is 0 Å². The molecule has 0 aliphatic heterocycles. The molecule has 2 heterocycles. The molecule has 11 heteroatoms. The third-order valence-electron chi connectivity index (χ3n) is 7.84. The van der Waals surface area contributed by atoms with Crippen molar-refractivity contribution in [3.05, 3.63) is 70.2 Å². The van der Waals surface area contributed by atoms with Crippen LogP contribution in [-0.4, -0.2) is 46.5 Å². The van der Waals surface area contributed by atoms with Crippen molar-refractivity contribution in [1.82, 2.24) is 30.4 Å². The highest BCUT2D eigenvalue weighted by Crippen LogP contribution is 2.47. The maximum atomic E-state index is 15.1. The first-order chi connectivity index (χ1) is 18.5. The number of H-pyrrole nitrogens is 1. The number of aromatic hydroxyl groups is 2. The lowest BCUT2D eigenvalue weighted by molar-refractivity contribution is -0.000168. The fourth-order valence-electron chi connectivity index (χ4n) is 5.58. The van der Waals surface area contributed by atoms with E-state index in [1.54, 1.807) is 25.1 Å². The molecule has 39 heavy (non-hydrogen) atoms. The van der Waals surface area contributed by atoms with Crippen LogP contribution >= 0.6 is 0 Å². The second-order valence-electron chi connectivity index (χ2n) is 10.6. The molecule has 3 atom stereocenters. The number of nitrogens with one attached hydrogen (secondary N) is 2. The number of phenolic OH excluding ortho intramolecular Hbond substituents is 1. The number of tetrazole rings is 1. The molecule has 2 aromatic carbocycles. The number of alkyl halides is 2. The van der Waals surface area contributed by atoms with Crippen molar-refractivity contribution in [3.8, 4) is 17.3 Å².